The lowest BCUT2D eigenvalue weighted by molar-refractivity contribution is -0.384. The van der Waals surface area contributed by atoms with Gasteiger partial charge in [0.05, 0.1) is 27.8 Å². The first-order chi connectivity index (χ1) is 14.3. The number of likely N-dealkylation sites (N-methyl/N-ethyl adjacent to an activating group) is 1. The summed E-state index contributed by atoms with van der Waals surface area (Å²) in [6, 6.07) is 12.8. The Bertz CT molecular complexity index is 1130. The molecule has 30 heavy (non-hydrogen) atoms. The van der Waals surface area contributed by atoms with Crippen molar-refractivity contribution in [3.05, 3.63) is 74.8 Å². The van der Waals surface area contributed by atoms with Gasteiger partial charge in [0.15, 0.2) is 0 Å². The number of fused-ring (bicyclic) bond motifs is 1. The molecule has 0 aliphatic carbocycles. The van der Waals surface area contributed by atoms with Crippen LogP contribution in [-0.4, -0.2) is 57.2 Å². The van der Waals surface area contributed by atoms with Crippen LogP contribution in [0, 0.1) is 10.1 Å². The van der Waals surface area contributed by atoms with E-state index in [4.69, 9.17) is 0 Å². The number of aromatic amines is 1. The molecule has 2 aromatic carbocycles. The normalized spacial score (nSPS) is 19.3. The Labute approximate surface area is 172 Å². The highest BCUT2D eigenvalue weighted by Crippen LogP contribution is 2.33. The number of H-pyrrole nitrogens is 1. The van der Waals surface area contributed by atoms with Crippen molar-refractivity contribution < 1.29 is 10.0 Å². The molecule has 0 bridgehead atoms. The van der Waals surface area contributed by atoms with E-state index in [0.29, 0.717) is 24.2 Å². The molecular weight excluding hydrogens is 386 g/mol. The molecule has 0 saturated carbocycles. The van der Waals surface area contributed by atoms with Gasteiger partial charge in [-0.05, 0) is 18.1 Å². The van der Waals surface area contributed by atoms with E-state index < -0.39 is 16.1 Å². The van der Waals surface area contributed by atoms with Crippen molar-refractivity contribution in [2.45, 2.75) is 18.6 Å². The van der Waals surface area contributed by atoms with Crippen LogP contribution in [0.4, 0.5) is 11.4 Å². The lowest BCUT2D eigenvalue weighted by Crippen LogP contribution is -2.44. The number of likely N-dealkylation sites (tertiary alicyclic amines) is 1. The van der Waals surface area contributed by atoms with E-state index in [1.54, 1.807) is 11.9 Å². The lowest BCUT2D eigenvalue weighted by atomic mass is 10.0. The number of aliphatic hydroxyl groups is 1. The van der Waals surface area contributed by atoms with Gasteiger partial charge in [0.2, 0.25) is 0 Å². The molecule has 0 spiro atoms. The molecule has 2 heterocycles. The second-order valence-corrected chi connectivity index (χ2v) is 7.87. The van der Waals surface area contributed by atoms with Crippen LogP contribution in [0.2, 0.25) is 0 Å². The Hall–Kier alpha value is -3.30. The summed E-state index contributed by atoms with van der Waals surface area (Å²) in [5.41, 5.74) is 0.260. The Balaban J connectivity index is 1.55. The molecule has 1 atom stereocenters. The summed E-state index contributed by atoms with van der Waals surface area (Å²) in [6.07, 6.45) is 1.84. The third-order valence-corrected chi connectivity index (χ3v) is 5.54. The van der Waals surface area contributed by atoms with Gasteiger partial charge in [0, 0.05) is 39.3 Å². The predicted molar refractivity (Wildman–Crippen MR) is 114 cm³/mol. The van der Waals surface area contributed by atoms with Crippen molar-refractivity contribution in [1.29, 1.82) is 0 Å². The van der Waals surface area contributed by atoms with Crippen LogP contribution in [0.1, 0.15) is 12.0 Å². The molecule has 156 valence electrons. The average molecular weight is 409 g/mol. The third kappa shape index (κ3) is 4.03. The molecule has 9 nitrogen and oxygen atoms in total. The van der Waals surface area contributed by atoms with Gasteiger partial charge in [0.1, 0.15) is 5.69 Å². The van der Waals surface area contributed by atoms with Crippen LogP contribution in [0.3, 0.4) is 0 Å². The Kier molecular flexibility index (Phi) is 5.23. The highest BCUT2D eigenvalue weighted by atomic mass is 16.6. The van der Waals surface area contributed by atoms with Gasteiger partial charge < -0.3 is 15.0 Å². The highest BCUT2D eigenvalue weighted by Gasteiger charge is 2.38. The van der Waals surface area contributed by atoms with Crippen LogP contribution in [0.5, 0.6) is 0 Å². The Morgan fingerprint density at radius 1 is 1.33 bits per heavy atom. The standard InChI is InChI=1S/C21H23N5O4/c1-24(12-21(28)7-8-25(13-21)11-15-5-3-2-4-6-15)18-10-17-16(9-19(18)26(29)30)20(27)23-14-22-17/h2-6,9-10,14,28H,7-8,11-13H2,1H3,(H,22,23,27). The van der Waals surface area contributed by atoms with E-state index in [1.807, 2.05) is 18.2 Å². The summed E-state index contributed by atoms with van der Waals surface area (Å²) in [5.74, 6) is 0. The second kappa shape index (κ2) is 7.85. The summed E-state index contributed by atoms with van der Waals surface area (Å²) in [6.45, 7) is 2.20. The highest BCUT2D eigenvalue weighted by molar-refractivity contribution is 5.86. The number of nitrogens with zero attached hydrogens (tertiary/aromatic N) is 4. The van der Waals surface area contributed by atoms with E-state index in [0.717, 1.165) is 13.1 Å². The van der Waals surface area contributed by atoms with Crippen molar-refractivity contribution in [2.24, 2.45) is 0 Å². The average Bonchev–Trinajstić information content (AvgIpc) is 3.08. The quantitative estimate of drug-likeness (QED) is 0.472. The van der Waals surface area contributed by atoms with Crippen molar-refractivity contribution in [3.8, 4) is 0 Å². The summed E-state index contributed by atoms with van der Waals surface area (Å²) < 4.78 is 0. The zero-order chi connectivity index (χ0) is 21.3. The van der Waals surface area contributed by atoms with Crippen molar-refractivity contribution in [1.82, 2.24) is 14.9 Å². The summed E-state index contributed by atoms with van der Waals surface area (Å²) >= 11 is 0. The molecule has 3 aromatic rings. The van der Waals surface area contributed by atoms with Gasteiger partial charge in [-0.2, -0.15) is 0 Å². The zero-order valence-corrected chi connectivity index (χ0v) is 16.6. The van der Waals surface area contributed by atoms with Gasteiger partial charge in [-0.1, -0.05) is 30.3 Å². The maximum Gasteiger partial charge on any atom is 0.293 e. The molecular formula is C21H23N5O4. The monoisotopic (exact) mass is 409 g/mol. The van der Waals surface area contributed by atoms with Crippen molar-refractivity contribution in [3.63, 3.8) is 0 Å². The van der Waals surface area contributed by atoms with Gasteiger partial charge >= 0.3 is 0 Å². The summed E-state index contributed by atoms with van der Waals surface area (Å²) in [4.78, 5) is 33.5. The molecule has 0 radical (unpaired) electrons. The number of rotatable bonds is 6. The van der Waals surface area contributed by atoms with E-state index in [-0.39, 0.29) is 17.6 Å². The fourth-order valence-corrected chi connectivity index (χ4v) is 4.12. The van der Waals surface area contributed by atoms with Gasteiger partial charge in [-0.3, -0.25) is 19.8 Å². The molecule has 1 aromatic heterocycles. The molecule has 0 amide bonds. The number of benzene rings is 2. The topological polar surface area (TPSA) is 116 Å². The molecule has 2 N–H and O–H groups in total. The first-order valence-electron chi connectivity index (χ1n) is 9.70. The maximum atomic E-state index is 12.0. The lowest BCUT2D eigenvalue weighted by Gasteiger charge is -2.30. The van der Waals surface area contributed by atoms with Crippen molar-refractivity contribution >= 4 is 22.3 Å². The second-order valence-electron chi connectivity index (χ2n) is 7.87. The minimum Gasteiger partial charge on any atom is -0.387 e. The molecule has 1 unspecified atom stereocenters. The van der Waals surface area contributed by atoms with Crippen molar-refractivity contribution in [2.75, 3.05) is 31.6 Å². The summed E-state index contributed by atoms with van der Waals surface area (Å²) in [7, 11) is 1.71. The number of aromatic nitrogens is 2. The van der Waals surface area contributed by atoms with Crippen LogP contribution >= 0.6 is 0 Å². The largest absolute Gasteiger partial charge is 0.387 e. The minimum atomic E-state index is -0.992. The Morgan fingerprint density at radius 2 is 2.10 bits per heavy atom. The molecule has 1 fully saturated rings. The predicted octanol–water partition coefficient (Wildman–Crippen LogP) is 1.90. The first-order valence-corrected chi connectivity index (χ1v) is 9.70. The van der Waals surface area contributed by atoms with Crippen LogP contribution in [-0.2, 0) is 6.54 Å². The van der Waals surface area contributed by atoms with E-state index in [2.05, 4.69) is 27.0 Å². The van der Waals surface area contributed by atoms with E-state index >= 15 is 0 Å². The van der Waals surface area contributed by atoms with Gasteiger partial charge in [-0.15, -0.1) is 0 Å². The van der Waals surface area contributed by atoms with E-state index in [1.165, 1.54) is 24.0 Å². The van der Waals surface area contributed by atoms with Crippen LogP contribution in [0.25, 0.3) is 10.9 Å². The smallest absolute Gasteiger partial charge is 0.293 e. The third-order valence-electron chi connectivity index (χ3n) is 5.54. The number of anilines is 1. The van der Waals surface area contributed by atoms with Gasteiger partial charge in [0.25, 0.3) is 11.2 Å². The number of nitro groups is 1. The first kappa shape index (κ1) is 20.0. The summed E-state index contributed by atoms with van der Waals surface area (Å²) in [5, 5.41) is 22.9. The SMILES string of the molecule is CN(CC1(O)CCN(Cc2ccccc2)C1)c1cc2nc[nH]c(=O)c2cc1[N+](=O)[O-]. The van der Waals surface area contributed by atoms with E-state index in [9.17, 15) is 20.0 Å². The van der Waals surface area contributed by atoms with Crippen LogP contribution < -0.4 is 10.5 Å². The molecule has 1 saturated heterocycles. The zero-order valence-electron chi connectivity index (χ0n) is 16.6. The fourth-order valence-electron chi connectivity index (χ4n) is 4.12. The van der Waals surface area contributed by atoms with Crippen LogP contribution in [0.15, 0.2) is 53.6 Å². The number of nitro benzene ring substituents is 1. The fraction of sp³-hybridized carbons (Fsp3) is 0.333. The Morgan fingerprint density at radius 3 is 2.83 bits per heavy atom. The molecule has 1 aliphatic heterocycles. The molecule has 4 rings (SSSR count). The number of hydrogen-bond donors (Lipinski definition) is 2. The number of hydrogen-bond acceptors (Lipinski definition) is 7. The number of nitrogens with one attached hydrogen (secondary N) is 1. The van der Waals surface area contributed by atoms with Gasteiger partial charge in [-0.25, -0.2) is 4.98 Å². The molecule has 9 heteroatoms. The maximum absolute atomic E-state index is 12.0. The molecule has 1 aliphatic rings. The minimum absolute atomic E-state index is 0.162. The number of β-amino-alcohol motifs (C(OH)–C–C–N with tert-alkyl or cyclic N) is 1.